The number of hydrogen-bond acceptors (Lipinski definition) is 5. The second-order valence-corrected chi connectivity index (χ2v) is 6.74. The Morgan fingerprint density at radius 2 is 2.00 bits per heavy atom. The SMILES string of the molecule is CCCSc1nc(NCC)c2c(n1)N(Cc1ccccc1)C(=O)C2. The largest absolute Gasteiger partial charge is 0.370 e. The average molecular weight is 342 g/mol. The van der Waals surface area contributed by atoms with Crippen LogP contribution in [0.15, 0.2) is 35.5 Å². The van der Waals surface area contributed by atoms with E-state index < -0.39 is 0 Å². The van der Waals surface area contributed by atoms with Crippen molar-refractivity contribution in [3.63, 3.8) is 0 Å². The maximum absolute atomic E-state index is 12.5. The van der Waals surface area contributed by atoms with E-state index in [1.807, 2.05) is 37.3 Å². The molecule has 2 aromatic rings. The van der Waals surface area contributed by atoms with Crippen molar-refractivity contribution < 1.29 is 4.79 Å². The average Bonchev–Trinajstić information content (AvgIpc) is 2.91. The molecule has 1 aromatic carbocycles. The fraction of sp³-hybridized carbons (Fsp3) is 0.389. The Bertz CT molecular complexity index is 720. The zero-order valence-electron chi connectivity index (χ0n) is 14.1. The summed E-state index contributed by atoms with van der Waals surface area (Å²) in [6.07, 6.45) is 1.43. The van der Waals surface area contributed by atoms with Crippen LogP contribution in [0.4, 0.5) is 11.6 Å². The lowest BCUT2D eigenvalue weighted by atomic mass is 10.2. The highest BCUT2D eigenvalue weighted by atomic mass is 32.2. The molecule has 0 saturated heterocycles. The quantitative estimate of drug-likeness (QED) is 0.616. The lowest BCUT2D eigenvalue weighted by molar-refractivity contribution is -0.117. The Hall–Kier alpha value is -2.08. The lowest BCUT2D eigenvalue weighted by Gasteiger charge is -2.18. The van der Waals surface area contributed by atoms with Crippen LogP contribution in [0.1, 0.15) is 31.4 Å². The highest BCUT2D eigenvalue weighted by Gasteiger charge is 2.32. The third-order valence-electron chi connectivity index (χ3n) is 3.81. The molecule has 1 aliphatic heterocycles. The zero-order valence-corrected chi connectivity index (χ0v) is 14.9. The van der Waals surface area contributed by atoms with Gasteiger partial charge < -0.3 is 5.32 Å². The third-order valence-corrected chi connectivity index (χ3v) is 4.87. The van der Waals surface area contributed by atoms with Crippen molar-refractivity contribution in [1.29, 1.82) is 0 Å². The molecule has 6 heteroatoms. The molecule has 0 spiro atoms. The number of carbonyl (C=O) groups is 1. The van der Waals surface area contributed by atoms with Gasteiger partial charge >= 0.3 is 0 Å². The van der Waals surface area contributed by atoms with Crippen LogP contribution in [0.3, 0.4) is 0 Å². The fourth-order valence-electron chi connectivity index (χ4n) is 2.70. The number of fused-ring (bicyclic) bond motifs is 1. The van der Waals surface area contributed by atoms with Gasteiger partial charge in [-0.05, 0) is 18.9 Å². The first-order valence-corrected chi connectivity index (χ1v) is 9.33. The van der Waals surface area contributed by atoms with E-state index in [9.17, 15) is 4.79 Å². The van der Waals surface area contributed by atoms with Gasteiger partial charge in [-0.15, -0.1) is 0 Å². The Balaban J connectivity index is 1.95. The Labute approximate surface area is 146 Å². The monoisotopic (exact) mass is 342 g/mol. The van der Waals surface area contributed by atoms with Crippen molar-refractivity contribution in [2.75, 3.05) is 22.5 Å². The predicted molar refractivity (Wildman–Crippen MR) is 98.5 cm³/mol. The van der Waals surface area contributed by atoms with Crippen LogP contribution in [0, 0.1) is 0 Å². The van der Waals surface area contributed by atoms with Crippen molar-refractivity contribution in [3.8, 4) is 0 Å². The van der Waals surface area contributed by atoms with Crippen LogP contribution in [-0.4, -0.2) is 28.2 Å². The van der Waals surface area contributed by atoms with E-state index in [4.69, 9.17) is 0 Å². The van der Waals surface area contributed by atoms with Crippen molar-refractivity contribution in [3.05, 3.63) is 41.5 Å². The van der Waals surface area contributed by atoms with Crippen LogP contribution in [-0.2, 0) is 17.8 Å². The molecule has 2 heterocycles. The summed E-state index contributed by atoms with van der Waals surface area (Å²) in [4.78, 5) is 23.6. The molecule has 126 valence electrons. The predicted octanol–water partition coefficient (Wildman–Crippen LogP) is 3.50. The van der Waals surface area contributed by atoms with Crippen LogP contribution < -0.4 is 10.2 Å². The Morgan fingerprint density at radius 3 is 2.71 bits per heavy atom. The van der Waals surface area contributed by atoms with Crippen LogP contribution in [0.2, 0.25) is 0 Å². The van der Waals surface area contributed by atoms with Crippen molar-refractivity contribution in [1.82, 2.24) is 9.97 Å². The molecule has 0 saturated carbocycles. The van der Waals surface area contributed by atoms with E-state index in [0.29, 0.717) is 13.0 Å². The van der Waals surface area contributed by atoms with Gasteiger partial charge in [0.1, 0.15) is 11.6 Å². The summed E-state index contributed by atoms with van der Waals surface area (Å²) in [5, 5.41) is 4.02. The van der Waals surface area contributed by atoms with E-state index in [2.05, 4.69) is 22.2 Å². The first-order chi connectivity index (χ1) is 11.7. The van der Waals surface area contributed by atoms with E-state index >= 15 is 0 Å². The summed E-state index contributed by atoms with van der Waals surface area (Å²) in [5.74, 6) is 2.61. The Morgan fingerprint density at radius 1 is 1.21 bits per heavy atom. The van der Waals surface area contributed by atoms with Gasteiger partial charge in [-0.25, -0.2) is 9.97 Å². The number of anilines is 2. The van der Waals surface area contributed by atoms with Crippen molar-refractivity contribution in [2.45, 2.75) is 38.4 Å². The summed E-state index contributed by atoms with van der Waals surface area (Å²) >= 11 is 1.64. The van der Waals surface area contributed by atoms with Crippen LogP contribution in [0.5, 0.6) is 0 Å². The number of thioether (sulfide) groups is 1. The van der Waals surface area contributed by atoms with Gasteiger partial charge in [0.25, 0.3) is 0 Å². The molecular formula is C18H22N4OS. The van der Waals surface area contributed by atoms with Gasteiger partial charge in [-0.1, -0.05) is 49.0 Å². The molecule has 0 aliphatic carbocycles. The normalized spacial score (nSPS) is 13.2. The molecule has 3 rings (SSSR count). The molecule has 1 N–H and O–H groups in total. The minimum Gasteiger partial charge on any atom is -0.370 e. The number of aromatic nitrogens is 2. The molecule has 0 fully saturated rings. The van der Waals surface area contributed by atoms with E-state index in [1.54, 1.807) is 16.7 Å². The minimum atomic E-state index is 0.0833. The number of nitrogens with one attached hydrogen (secondary N) is 1. The summed E-state index contributed by atoms with van der Waals surface area (Å²) in [5.41, 5.74) is 2.02. The van der Waals surface area contributed by atoms with Gasteiger partial charge in [0.15, 0.2) is 5.16 Å². The van der Waals surface area contributed by atoms with E-state index in [1.165, 1.54) is 0 Å². The van der Waals surface area contributed by atoms with E-state index in [-0.39, 0.29) is 5.91 Å². The topological polar surface area (TPSA) is 58.1 Å². The smallest absolute Gasteiger partial charge is 0.233 e. The lowest BCUT2D eigenvalue weighted by Crippen LogP contribution is -2.26. The molecule has 24 heavy (non-hydrogen) atoms. The molecule has 1 aliphatic rings. The molecule has 0 atom stereocenters. The summed E-state index contributed by atoms with van der Waals surface area (Å²) in [6.45, 7) is 5.49. The summed E-state index contributed by atoms with van der Waals surface area (Å²) in [7, 11) is 0. The van der Waals surface area contributed by atoms with Crippen molar-refractivity contribution in [2.24, 2.45) is 0 Å². The number of rotatable bonds is 7. The number of nitrogens with zero attached hydrogens (tertiary/aromatic N) is 3. The van der Waals surface area contributed by atoms with E-state index in [0.717, 1.165) is 46.6 Å². The number of carbonyl (C=O) groups excluding carboxylic acids is 1. The molecular weight excluding hydrogens is 320 g/mol. The molecule has 0 bridgehead atoms. The standard InChI is InChI=1S/C18H22N4OS/c1-3-10-24-18-20-16(19-4-2)14-11-15(23)22(17(14)21-18)12-13-8-6-5-7-9-13/h5-9H,3-4,10-12H2,1-2H3,(H,19,20,21). The maximum atomic E-state index is 12.5. The molecule has 1 amide bonds. The van der Waals surface area contributed by atoms with Crippen molar-refractivity contribution >= 4 is 29.3 Å². The first kappa shape index (κ1) is 16.8. The molecule has 1 aromatic heterocycles. The Kier molecular flexibility index (Phi) is 5.35. The summed E-state index contributed by atoms with van der Waals surface area (Å²) < 4.78 is 0. The van der Waals surface area contributed by atoms with Gasteiger partial charge in [-0.2, -0.15) is 0 Å². The zero-order chi connectivity index (χ0) is 16.9. The van der Waals surface area contributed by atoms with Gasteiger partial charge in [0.2, 0.25) is 5.91 Å². The van der Waals surface area contributed by atoms with Crippen LogP contribution in [0.25, 0.3) is 0 Å². The third kappa shape index (κ3) is 3.53. The molecule has 0 unspecified atom stereocenters. The number of hydrogen-bond donors (Lipinski definition) is 1. The highest BCUT2D eigenvalue weighted by molar-refractivity contribution is 7.99. The second kappa shape index (κ2) is 7.66. The molecule has 0 radical (unpaired) electrons. The highest BCUT2D eigenvalue weighted by Crippen LogP contribution is 2.34. The molecule has 5 nitrogen and oxygen atoms in total. The number of benzene rings is 1. The maximum Gasteiger partial charge on any atom is 0.233 e. The first-order valence-electron chi connectivity index (χ1n) is 8.34. The van der Waals surface area contributed by atoms with Gasteiger partial charge in [0.05, 0.1) is 13.0 Å². The van der Waals surface area contributed by atoms with Gasteiger partial charge in [0, 0.05) is 17.9 Å². The summed E-state index contributed by atoms with van der Waals surface area (Å²) in [6, 6.07) is 10.0. The van der Waals surface area contributed by atoms with Crippen LogP contribution >= 0.6 is 11.8 Å². The minimum absolute atomic E-state index is 0.0833. The second-order valence-electron chi connectivity index (χ2n) is 5.68. The fourth-order valence-corrected chi connectivity index (χ4v) is 3.40. The van der Waals surface area contributed by atoms with Gasteiger partial charge in [-0.3, -0.25) is 9.69 Å². The number of amides is 1.